The first-order valence-electron chi connectivity index (χ1n) is 6.58. The SMILES string of the molecule is CC(=O)NCC(=O)NCC(=O)NC(C(=O)O)c1ccc(Br)cc1. The molecule has 0 aromatic heterocycles. The van der Waals surface area contributed by atoms with Crippen molar-refractivity contribution in [2.24, 2.45) is 0 Å². The minimum absolute atomic E-state index is 0.252. The highest BCUT2D eigenvalue weighted by Crippen LogP contribution is 2.17. The summed E-state index contributed by atoms with van der Waals surface area (Å²) < 4.78 is 0.780. The summed E-state index contributed by atoms with van der Waals surface area (Å²) in [5, 5.41) is 16.1. The van der Waals surface area contributed by atoms with E-state index in [1.54, 1.807) is 24.3 Å². The Balaban J connectivity index is 2.55. The molecule has 1 atom stereocenters. The summed E-state index contributed by atoms with van der Waals surface area (Å²) in [6.45, 7) is 0.617. The van der Waals surface area contributed by atoms with E-state index in [1.807, 2.05) is 0 Å². The molecule has 0 bridgehead atoms. The van der Waals surface area contributed by atoms with E-state index in [4.69, 9.17) is 0 Å². The first-order valence-corrected chi connectivity index (χ1v) is 7.37. The van der Waals surface area contributed by atoms with E-state index in [2.05, 4.69) is 31.9 Å². The molecule has 3 amide bonds. The van der Waals surface area contributed by atoms with E-state index >= 15 is 0 Å². The normalized spacial score (nSPS) is 11.2. The third-order valence-electron chi connectivity index (χ3n) is 2.70. The lowest BCUT2D eigenvalue weighted by molar-refractivity contribution is -0.142. The molecule has 8 nitrogen and oxygen atoms in total. The second-order valence-corrected chi connectivity index (χ2v) is 5.49. The molecule has 1 unspecified atom stereocenters. The maximum Gasteiger partial charge on any atom is 0.330 e. The van der Waals surface area contributed by atoms with Crippen LogP contribution in [0.3, 0.4) is 0 Å². The molecular weight excluding hydrogens is 370 g/mol. The van der Waals surface area contributed by atoms with Crippen LogP contribution in [-0.4, -0.2) is 41.9 Å². The molecule has 0 radical (unpaired) electrons. The predicted molar refractivity (Wildman–Crippen MR) is 84.4 cm³/mol. The fourth-order valence-electron chi connectivity index (χ4n) is 1.60. The molecule has 1 aromatic carbocycles. The number of carbonyl (C=O) groups excluding carboxylic acids is 3. The first kappa shape index (κ1) is 18.6. The van der Waals surface area contributed by atoms with E-state index in [9.17, 15) is 24.3 Å². The molecule has 1 rings (SSSR count). The Labute approximate surface area is 140 Å². The zero-order chi connectivity index (χ0) is 17.4. The van der Waals surface area contributed by atoms with Crippen LogP contribution < -0.4 is 16.0 Å². The van der Waals surface area contributed by atoms with Crippen LogP contribution >= 0.6 is 15.9 Å². The highest BCUT2D eigenvalue weighted by Gasteiger charge is 2.22. The van der Waals surface area contributed by atoms with Crippen LogP contribution in [0.25, 0.3) is 0 Å². The van der Waals surface area contributed by atoms with Gasteiger partial charge < -0.3 is 21.1 Å². The number of nitrogens with one attached hydrogen (secondary N) is 3. The zero-order valence-electron chi connectivity index (χ0n) is 12.3. The number of hydrogen-bond acceptors (Lipinski definition) is 4. The van der Waals surface area contributed by atoms with Gasteiger partial charge in [-0.25, -0.2) is 4.79 Å². The highest BCUT2D eigenvalue weighted by molar-refractivity contribution is 9.10. The monoisotopic (exact) mass is 385 g/mol. The molecule has 1 aromatic rings. The zero-order valence-corrected chi connectivity index (χ0v) is 13.8. The van der Waals surface area contributed by atoms with Gasteiger partial charge in [-0.1, -0.05) is 28.1 Å². The Hall–Kier alpha value is -2.42. The number of halogens is 1. The van der Waals surface area contributed by atoms with Gasteiger partial charge in [-0.2, -0.15) is 0 Å². The summed E-state index contributed by atoms with van der Waals surface area (Å²) in [5.41, 5.74) is 0.402. The molecule has 0 heterocycles. The topological polar surface area (TPSA) is 125 Å². The van der Waals surface area contributed by atoms with Crippen molar-refractivity contribution in [2.75, 3.05) is 13.1 Å². The Morgan fingerprint density at radius 3 is 2.13 bits per heavy atom. The van der Waals surface area contributed by atoms with Crippen molar-refractivity contribution < 1.29 is 24.3 Å². The number of rotatable bonds is 7. The van der Waals surface area contributed by atoms with Crippen LogP contribution in [0.4, 0.5) is 0 Å². The highest BCUT2D eigenvalue weighted by atomic mass is 79.9. The van der Waals surface area contributed by atoms with Crippen molar-refractivity contribution in [2.45, 2.75) is 13.0 Å². The van der Waals surface area contributed by atoms with E-state index in [-0.39, 0.29) is 12.5 Å². The summed E-state index contributed by atoms with van der Waals surface area (Å²) in [7, 11) is 0. The number of aliphatic carboxylic acids is 1. The third-order valence-corrected chi connectivity index (χ3v) is 3.23. The molecule has 4 N–H and O–H groups in total. The lowest BCUT2D eigenvalue weighted by Crippen LogP contribution is -2.43. The lowest BCUT2D eigenvalue weighted by atomic mass is 10.1. The van der Waals surface area contributed by atoms with E-state index < -0.39 is 30.4 Å². The van der Waals surface area contributed by atoms with Crippen molar-refractivity contribution in [1.29, 1.82) is 0 Å². The molecule has 0 fully saturated rings. The molecule has 0 spiro atoms. The van der Waals surface area contributed by atoms with Gasteiger partial charge in [0.05, 0.1) is 13.1 Å². The summed E-state index contributed by atoms with van der Waals surface area (Å²) in [5.74, 6) is -2.79. The van der Waals surface area contributed by atoms with Gasteiger partial charge in [-0.05, 0) is 17.7 Å². The fraction of sp³-hybridized carbons (Fsp3) is 0.286. The van der Waals surface area contributed by atoms with Crippen molar-refractivity contribution in [3.05, 3.63) is 34.3 Å². The van der Waals surface area contributed by atoms with Gasteiger partial charge in [0.1, 0.15) is 0 Å². The third kappa shape index (κ3) is 6.92. The van der Waals surface area contributed by atoms with Gasteiger partial charge in [0.2, 0.25) is 17.7 Å². The van der Waals surface area contributed by atoms with Crippen LogP contribution in [0, 0.1) is 0 Å². The Bertz CT molecular complexity index is 603. The van der Waals surface area contributed by atoms with Crippen LogP contribution in [0.2, 0.25) is 0 Å². The number of carboxylic acids is 1. The van der Waals surface area contributed by atoms with Gasteiger partial charge in [0, 0.05) is 11.4 Å². The maximum absolute atomic E-state index is 11.8. The summed E-state index contributed by atoms with van der Waals surface area (Å²) in [4.78, 5) is 45.0. The largest absolute Gasteiger partial charge is 0.479 e. The van der Waals surface area contributed by atoms with E-state index in [0.29, 0.717) is 5.56 Å². The van der Waals surface area contributed by atoms with Gasteiger partial charge in [0.15, 0.2) is 6.04 Å². The predicted octanol–water partition coefficient (Wildman–Crippen LogP) is -0.0567. The van der Waals surface area contributed by atoms with Crippen molar-refractivity contribution >= 4 is 39.6 Å². The number of benzene rings is 1. The molecule has 0 saturated carbocycles. The first-order chi connectivity index (χ1) is 10.8. The van der Waals surface area contributed by atoms with Crippen molar-refractivity contribution in [1.82, 2.24) is 16.0 Å². The van der Waals surface area contributed by atoms with E-state index in [0.717, 1.165) is 4.47 Å². The molecule has 0 aliphatic carbocycles. The maximum atomic E-state index is 11.8. The number of carbonyl (C=O) groups is 4. The van der Waals surface area contributed by atoms with Crippen molar-refractivity contribution in [3.63, 3.8) is 0 Å². The number of carboxylic acid groups (broad SMARTS) is 1. The molecule has 0 aliphatic rings. The smallest absolute Gasteiger partial charge is 0.330 e. The Kier molecular flexibility index (Phi) is 7.20. The fourth-order valence-corrected chi connectivity index (χ4v) is 1.87. The molecular formula is C14H16BrN3O5. The Morgan fingerprint density at radius 2 is 1.61 bits per heavy atom. The van der Waals surface area contributed by atoms with Gasteiger partial charge in [0.25, 0.3) is 0 Å². The number of amides is 3. The average Bonchev–Trinajstić information content (AvgIpc) is 2.49. The van der Waals surface area contributed by atoms with Crippen LogP contribution in [0.5, 0.6) is 0 Å². The van der Waals surface area contributed by atoms with Crippen molar-refractivity contribution in [3.8, 4) is 0 Å². The Morgan fingerprint density at radius 1 is 1.04 bits per heavy atom. The molecule has 0 saturated heterocycles. The second-order valence-electron chi connectivity index (χ2n) is 4.58. The van der Waals surface area contributed by atoms with Gasteiger partial charge in [-0.3, -0.25) is 14.4 Å². The van der Waals surface area contributed by atoms with Gasteiger partial charge in [-0.15, -0.1) is 0 Å². The van der Waals surface area contributed by atoms with E-state index in [1.165, 1.54) is 6.92 Å². The molecule has 9 heteroatoms. The van der Waals surface area contributed by atoms with Crippen LogP contribution in [0.15, 0.2) is 28.7 Å². The average molecular weight is 386 g/mol. The molecule has 0 aliphatic heterocycles. The molecule has 124 valence electrons. The molecule has 23 heavy (non-hydrogen) atoms. The quantitative estimate of drug-likeness (QED) is 0.523. The lowest BCUT2D eigenvalue weighted by Gasteiger charge is -2.15. The second kappa shape index (κ2) is 8.89. The van der Waals surface area contributed by atoms with Gasteiger partial charge >= 0.3 is 5.97 Å². The van der Waals surface area contributed by atoms with Crippen LogP contribution in [-0.2, 0) is 19.2 Å². The minimum atomic E-state index is -1.22. The summed E-state index contributed by atoms with van der Waals surface area (Å²) in [6.07, 6.45) is 0. The summed E-state index contributed by atoms with van der Waals surface area (Å²) in [6, 6.07) is 5.24. The standard InChI is InChI=1S/C14H16BrN3O5/c1-8(19)16-6-11(20)17-7-12(21)18-13(14(22)23)9-2-4-10(15)5-3-9/h2-5,13H,6-7H2,1H3,(H,16,19)(H,17,20)(H,18,21)(H,22,23). The summed E-state index contributed by atoms with van der Waals surface area (Å²) >= 11 is 3.24. The minimum Gasteiger partial charge on any atom is -0.479 e. The van der Waals surface area contributed by atoms with Crippen LogP contribution in [0.1, 0.15) is 18.5 Å². The number of hydrogen-bond donors (Lipinski definition) is 4.